The van der Waals surface area contributed by atoms with Crippen LogP contribution in [0.25, 0.3) is 12.2 Å². The van der Waals surface area contributed by atoms with E-state index in [0.717, 1.165) is 27.8 Å². The Kier molecular flexibility index (Phi) is 11.0. The summed E-state index contributed by atoms with van der Waals surface area (Å²) in [4.78, 5) is 11.5. The first kappa shape index (κ1) is 33.9. The van der Waals surface area contributed by atoms with E-state index in [9.17, 15) is 9.90 Å². The molecule has 49 heavy (non-hydrogen) atoms. The number of hydrogen-bond acceptors (Lipinski definition) is 4. The van der Waals surface area contributed by atoms with Crippen LogP contribution in [0.2, 0.25) is 0 Å². The zero-order valence-corrected chi connectivity index (χ0v) is 28.4. The van der Waals surface area contributed by atoms with E-state index in [2.05, 4.69) is 123 Å². The van der Waals surface area contributed by atoms with Gasteiger partial charge in [0.1, 0.15) is 18.5 Å². The summed E-state index contributed by atoms with van der Waals surface area (Å²) in [6, 6.07) is 42.3. The van der Waals surface area contributed by atoms with Crippen LogP contribution in [0.4, 0.5) is 0 Å². The van der Waals surface area contributed by atoms with Crippen molar-refractivity contribution in [1.82, 2.24) is 0 Å². The van der Waals surface area contributed by atoms with Crippen LogP contribution in [0.1, 0.15) is 88.8 Å². The Labute approximate surface area is 289 Å². The van der Waals surface area contributed by atoms with Gasteiger partial charge in [0.25, 0.3) is 0 Å². The lowest BCUT2D eigenvalue weighted by molar-refractivity contribution is -0.149. The van der Waals surface area contributed by atoms with Crippen molar-refractivity contribution in [1.29, 1.82) is 0 Å². The fourth-order valence-electron chi connectivity index (χ4n) is 6.56. The molecule has 0 spiro atoms. The number of benzene rings is 5. The van der Waals surface area contributed by atoms with Crippen LogP contribution >= 0.6 is 0 Å². The minimum Gasteiger partial charge on any atom is -0.491 e. The van der Waals surface area contributed by atoms with Crippen molar-refractivity contribution in [3.05, 3.63) is 171 Å². The van der Waals surface area contributed by atoms with Gasteiger partial charge < -0.3 is 19.3 Å². The Balaban J connectivity index is 1.23. The Morgan fingerprint density at radius 3 is 1.92 bits per heavy atom. The summed E-state index contributed by atoms with van der Waals surface area (Å²) in [6.07, 6.45) is 3.60. The molecule has 1 aliphatic carbocycles. The van der Waals surface area contributed by atoms with Gasteiger partial charge in [0.15, 0.2) is 6.10 Å². The second kappa shape index (κ2) is 16.0. The smallest absolute Gasteiger partial charge is 0.333 e. The van der Waals surface area contributed by atoms with Gasteiger partial charge in [-0.25, -0.2) is 4.79 Å². The quantitative estimate of drug-likeness (QED) is 0.121. The van der Waals surface area contributed by atoms with E-state index in [4.69, 9.17) is 14.2 Å². The second-order valence-corrected chi connectivity index (χ2v) is 12.6. The van der Waals surface area contributed by atoms with Gasteiger partial charge in [-0.3, -0.25) is 0 Å². The number of carboxylic acids is 1. The van der Waals surface area contributed by atoms with Crippen molar-refractivity contribution in [3.63, 3.8) is 0 Å². The van der Waals surface area contributed by atoms with Crippen LogP contribution in [-0.2, 0) is 20.7 Å². The van der Waals surface area contributed by atoms with Crippen molar-refractivity contribution in [2.24, 2.45) is 0 Å². The Morgan fingerprint density at radius 2 is 1.29 bits per heavy atom. The maximum Gasteiger partial charge on any atom is 0.333 e. The number of aliphatic carboxylic acids is 1. The molecule has 0 aliphatic heterocycles. The third kappa shape index (κ3) is 8.19. The standard InChI is InChI=1S/C44H44O5/c1-4-47-42(44(45)46)27-32-15-22-39(23-16-32)48-25-26-49-43-40-24-21-36(30(2)33-11-7-5-8-12-33)28-38(40)20-18-35-17-19-37(29-41(35)43)31(3)34-13-9-6-10-14-34/h5-24,28-31,42-43H,4,25-27H2,1-3H3,(H,45,46). The van der Waals surface area contributed by atoms with Crippen molar-refractivity contribution in [3.8, 4) is 5.75 Å². The van der Waals surface area contributed by atoms with Gasteiger partial charge in [-0.2, -0.15) is 0 Å². The fraction of sp³-hybridized carbons (Fsp3) is 0.250. The van der Waals surface area contributed by atoms with Crippen LogP contribution in [0.5, 0.6) is 5.75 Å². The van der Waals surface area contributed by atoms with Gasteiger partial charge >= 0.3 is 5.97 Å². The number of carboxylic acid groups (broad SMARTS) is 1. The molecular weight excluding hydrogens is 608 g/mol. The second-order valence-electron chi connectivity index (χ2n) is 12.6. The van der Waals surface area contributed by atoms with Crippen LogP contribution < -0.4 is 4.74 Å². The van der Waals surface area contributed by atoms with Gasteiger partial charge in [-0.05, 0) is 69.1 Å². The molecule has 1 aliphatic rings. The highest BCUT2D eigenvalue weighted by Gasteiger charge is 2.25. The van der Waals surface area contributed by atoms with E-state index in [0.29, 0.717) is 32.0 Å². The Morgan fingerprint density at radius 1 is 0.673 bits per heavy atom. The Bertz CT molecular complexity index is 1860. The van der Waals surface area contributed by atoms with Crippen molar-refractivity contribution in [2.75, 3.05) is 19.8 Å². The molecule has 6 rings (SSSR count). The van der Waals surface area contributed by atoms with Crippen LogP contribution in [-0.4, -0.2) is 37.0 Å². The van der Waals surface area contributed by atoms with Crippen molar-refractivity contribution >= 4 is 18.1 Å². The lowest BCUT2D eigenvalue weighted by Gasteiger charge is -2.24. The predicted octanol–water partition coefficient (Wildman–Crippen LogP) is 9.69. The number of fused-ring (bicyclic) bond motifs is 2. The molecule has 0 radical (unpaired) electrons. The molecule has 1 N–H and O–H groups in total. The highest BCUT2D eigenvalue weighted by molar-refractivity contribution is 5.77. The van der Waals surface area contributed by atoms with Crippen LogP contribution in [0, 0.1) is 0 Å². The number of ether oxygens (including phenoxy) is 3. The summed E-state index contributed by atoms with van der Waals surface area (Å²) in [5.41, 5.74) is 10.5. The molecule has 0 bridgehead atoms. The summed E-state index contributed by atoms with van der Waals surface area (Å²) in [5, 5.41) is 9.42. The van der Waals surface area contributed by atoms with Gasteiger partial charge in [0.2, 0.25) is 0 Å². The molecule has 0 saturated carbocycles. The molecule has 4 atom stereocenters. The highest BCUT2D eigenvalue weighted by Crippen LogP contribution is 2.39. The van der Waals surface area contributed by atoms with Crippen molar-refractivity contribution < 1.29 is 24.1 Å². The van der Waals surface area contributed by atoms with E-state index >= 15 is 0 Å². The first-order valence-electron chi connectivity index (χ1n) is 17.1. The van der Waals surface area contributed by atoms with E-state index in [1.807, 2.05) is 24.3 Å². The van der Waals surface area contributed by atoms with E-state index < -0.39 is 12.1 Å². The molecule has 0 aromatic heterocycles. The van der Waals surface area contributed by atoms with Gasteiger partial charge in [0.05, 0.1) is 6.61 Å². The molecule has 5 aromatic carbocycles. The SMILES string of the molecule is CCOC(Cc1ccc(OCCOC2c3ccc(C(C)c4ccccc4)cc3C=Cc3ccc(C(C)c4ccccc4)cc32)cc1)C(=O)O. The molecule has 250 valence electrons. The molecule has 0 amide bonds. The largest absolute Gasteiger partial charge is 0.491 e. The Hall–Kier alpha value is -4.97. The first-order chi connectivity index (χ1) is 23.9. The maximum absolute atomic E-state index is 11.5. The predicted molar refractivity (Wildman–Crippen MR) is 196 cm³/mol. The topological polar surface area (TPSA) is 65.0 Å². The summed E-state index contributed by atoms with van der Waals surface area (Å²) < 4.78 is 18.2. The number of hydrogen-bond donors (Lipinski definition) is 1. The maximum atomic E-state index is 11.5. The molecular formula is C44H44O5. The van der Waals surface area contributed by atoms with E-state index in [1.54, 1.807) is 6.92 Å². The van der Waals surface area contributed by atoms with Crippen molar-refractivity contribution in [2.45, 2.75) is 51.2 Å². The molecule has 0 fully saturated rings. The zero-order chi connectivity index (χ0) is 34.2. The molecule has 5 heteroatoms. The molecule has 5 nitrogen and oxygen atoms in total. The highest BCUT2D eigenvalue weighted by atomic mass is 16.5. The van der Waals surface area contributed by atoms with Crippen LogP contribution in [0.15, 0.2) is 121 Å². The minimum atomic E-state index is -0.959. The summed E-state index contributed by atoms with van der Waals surface area (Å²) >= 11 is 0. The molecule has 0 heterocycles. The minimum absolute atomic E-state index is 0.235. The summed E-state index contributed by atoms with van der Waals surface area (Å²) in [5.74, 6) is 0.244. The number of rotatable bonds is 14. The van der Waals surface area contributed by atoms with E-state index in [1.165, 1.54) is 22.3 Å². The summed E-state index contributed by atoms with van der Waals surface area (Å²) in [6.45, 7) is 7.41. The van der Waals surface area contributed by atoms with Gasteiger partial charge in [0, 0.05) is 24.9 Å². The lowest BCUT2D eigenvalue weighted by Crippen LogP contribution is -2.26. The monoisotopic (exact) mass is 652 g/mol. The average molecular weight is 653 g/mol. The van der Waals surface area contributed by atoms with E-state index in [-0.39, 0.29) is 17.9 Å². The molecule has 4 unspecified atom stereocenters. The van der Waals surface area contributed by atoms with Gasteiger partial charge in [-0.15, -0.1) is 0 Å². The normalized spacial score (nSPS) is 15.4. The van der Waals surface area contributed by atoms with Crippen LogP contribution in [0.3, 0.4) is 0 Å². The number of carbonyl (C=O) groups is 1. The molecule has 5 aromatic rings. The third-order valence-corrected chi connectivity index (χ3v) is 9.45. The molecule has 0 saturated heterocycles. The third-order valence-electron chi connectivity index (χ3n) is 9.45. The lowest BCUT2D eigenvalue weighted by atomic mass is 9.87. The first-order valence-corrected chi connectivity index (χ1v) is 17.1. The zero-order valence-electron chi connectivity index (χ0n) is 28.4. The fourth-order valence-corrected chi connectivity index (χ4v) is 6.56. The summed E-state index contributed by atoms with van der Waals surface area (Å²) in [7, 11) is 0. The van der Waals surface area contributed by atoms with Gasteiger partial charge in [-0.1, -0.05) is 135 Å². The average Bonchev–Trinajstić information content (AvgIpc) is 3.29.